The van der Waals surface area contributed by atoms with E-state index < -0.39 is 0 Å². The van der Waals surface area contributed by atoms with E-state index in [9.17, 15) is 9.59 Å². The topological polar surface area (TPSA) is 97.6 Å². The van der Waals surface area contributed by atoms with Gasteiger partial charge < -0.3 is 19.5 Å². The Morgan fingerprint density at radius 3 is 2.81 bits per heavy atom. The number of amides is 2. The zero-order valence-electron chi connectivity index (χ0n) is 15.4. The van der Waals surface area contributed by atoms with Crippen LogP contribution in [0.15, 0.2) is 10.6 Å². The minimum Gasteiger partial charge on any atom is -0.369 e. The van der Waals surface area contributed by atoms with Gasteiger partial charge in [0.1, 0.15) is 5.60 Å². The first-order valence-electron chi connectivity index (χ1n) is 9.07. The summed E-state index contributed by atoms with van der Waals surface area (Å²) in [5, 5.41) is 6.63. The van der Waals surface area contributed by atoms with Crippen LogP contribution in [0.1, 0.15) is 51.6 Å². The van der Waals surface area contributed by atoms with E-state index in [1.54, 1.807) is 13.8 Å². The number of carbonyl (C=O) groups is 2. The van der Waals surface area contributed by atoms with Gasteiger partial charge in [0, 0.05) is 31.8 Å². The lowest BCUT2D eigenvalue weighted by Gasteiger charge is -2.43. The smallest absolute Gasteiger partial charge is 0.261 e. The minimum atomic E-state index is -0.368. The fourth-order valence-corrected chi connectivity index (χ4v) is 5.07. The molecule has 0 aliphatic carbocycles. The van der Waals surface area contributed by atoms with Gasteiger partial charge in [0.25, 0.3) is 5.91 Å². The van der Waals surface area contributed by atoms with E-state index in [4.69, 9.17) is 9.26 Å². The van der Waals surface area contributed by atoms with Crippen LogP contribution in [0, 0.1) is 6.92 Å². The van der Waals surface area contributed by atoms with Crippen molar-refractivity contribution in [1.82, 2.24) is 20.4 Å². The molecule has 2 aromatic heterocycles. The molecule has 0 aromatic carbocycles. The number of piperidine rings is 1. The number of rotatable bonds is 3. The van der Waals surface area contributed by atoms with Gasteiger partial charge in [-0.2, -0.15) is 4.98 Å². The van der Waals surface area contributed by atoms with Crippen molar-refractivity contribution < 1.29 is 18.8 Å². The molecule has 2 amide bonds. The highest BCUT2D eigenvalue weighted by atomic mass is 32.1. The summed E-state index contributed by atoms with van der Waals surface area (Å²) in [6, 6.07) is 1.97. The molecule has 1 spiro atoms. The molecule has 0 bridgehead atoms. The first-order chi connectivity index (χ1) is 13.0. The third-order valence-electron chi connectivity index (χ3n) is 5.19. The average Bonchev–Trinajstić information content (AvgIpc) is 3.27. The Balaban J connectivity index is 1.49. The Kier molecular flexibility index (Phi) is 4.73. The third-order valence-corrected chi connectivity index (χ3v) is 6.55. The number of thiophene rings is 1. The maximum absolute atomic E-state index is 12.6. The average molecular weight is 390 g/mol. The third kappa shape index (κ3) is 3.49. The van der Waals surface area contributed by atoms with Gasteiger partial charge in [0.05, 0.1) is 18.0 Å². The van der Waals surface area contributed by atoms with Crippen LogP contribution < -0.4 is 5.32 Å². The second-order valence-corrected chi connectivity index (χ2v) is 8.03. The summed E-state index contributed by atoms with van der Waals surface area (Å²) >= 11 is 1.49. The molecule has 0 unspecified atom stereocenters. The van der Waals surface area contributed by atoms with Crippen LogP contribution in [-0.2, 0) is 28.1 Å². The van der Waals surface area contributed by atoms with E-state index >= 15 is 0 Å². The summed E-state index contributed by atoms with van der Waals surface area (Å²) < 4.78 is 11.1. The Labute approximate surface area is 160 Å². The van der Waals surface area contributed by atoms with Gasteiger partial charge in [-0.15, -0.1) is 11.3 Å². The van der Waals surface area contributed by atoms with Crippen LogP contribution in [0.2, 0.25) is 0 Å². The predicted molar refractivity (Wildman–Crippen MR) is 97.3 cm³/mol. The van der Waals surface area contributed by atoms with Gasteiger partial charge in [-0.3, -0.25) is 9.59 Å². The molecule has 2 aliphatic rings. The number of aromatic nitrogens is 2. The molecular weight excluding hydrogens is 368 g/mol. The van der Waals surface area contributed by atoms with E-state index in [0.29, 0.717) is 36.3 Å². The largest absolute Gasteiger partial charge is 0.369 e. The van der Waals surface area contributed by atoms with Crippen molar-refractivity contribution in [1.29, 1.82) is 0 Å². The zero-order valence-corrected chi connectivity index (χ0v) is 16.2. The monoisotopic (exact) mass is 390 g/mol. The van der Waals surface area contributed by atoms with Crippen LogP contribution in [0.5, 0.6) is 0 Å². The minimum absolute atomic E-state index is 0.101. The summed E-state index contributed by atoms with van der Waals surface area (Å²) in [5.41, 5.74) is 0.816. The standard InChI is InChI=1S/C18H22N4O4S/c1-11-20-15(21-26-11)10-19-17(24)14-9-13-3-8-25-18(16(13)27-14)4-6-22(7-5-18)12(2)23/h9H,3-8,10H2,1-2H3,(H,19,24). The molecule has 144 valence electrons. The van der Waals surface area contributed by atoms with E-state index in [1.807, 2.05) is 11.0 Å². The van der Waals surface area contributed by atoms with Crippen molar-refractivity contribution in [2.75, 3.05) is 19.7 Å². The fourth-order valence-electron chi connectivity index (χ4n) is 3.75. The van der Waals surface area contributed by atoms with Crippen LogP contribution >= 0.6 is 11.3 Å². The number of likely N-dealkylation sites (tertiary alicyclic amines) is 1. The number of ether oxygens (including phenoxy) is 1. The van der Waals surface area contributed by atoms with Crippen molar-refractivity contribution in [3.63, 3.8) is 0 Å². The molecule has 2 aromatic rings. The summed E-state index contributed by atoms with van der Waals surface area (Å²) in [4.78, 5) is 31.9. The van der Waals surface area contributed by atoms with Crippen LogP contribution in [0.4, 0.5) is 0 Å². The van der Waals surface area contributed by atoms with Crippen molar-refractivity contribution in [2.24, 2.45) is 0 Å². The van der Waals surface area contributed by atoms with Gasteiger partial charge in [0.15, 0.2) is 5.82 Å². The van der Waals surface area contributed by atoms with Gasteiger partial charge in [-0.05, 0) is 30.9 Å². The summed E-state index contributed by atoms with van der Waals surface area (Å²) in [5.74, 6) is 0.886. The summed E-state index contributed by atoms with van der Waals surface area (Å²) in [7, 11) is 0. The Morgan fingerprint density at radius 1 is 1.37 bits per heavy atom. The zero-order chi connectivity index (χ0) is 19.0. The van der Waals surface area contributed by atoms with Crippen molar-refractivity contribution in [3.05, 3.63) is 33.1 Å². The number of fused-ring (bicyclic) bond motifs is 2. The highest BCUT2D eigenvalue weighted by molar-refractivity contribution is 7.14. The van der Waals surface area contributed by atoms with Crippen molar-refractivity contribution >= 4 is 23.2 Å². The molecule has 9 heteroatoms. The maximum atomic E-state index is 12.6. The van der Waals surface area contributed by atoms with Crippen molar-refractivity contribution in [2.45, 2.75) is 45.3 Å². The second kappa shape index (κ2) is 7.05. The van der Waals surface area contributed by atoms with Gasteiger partial charge in [-0.1, -0.05) is 5.16 Å². The molecule has 1 N–H and O–H groups in total. The molecule has 8 nitrogen and oxygen atoms in total. The fraction of sp³-hybridized carbons (Fsp3) is 0.556. The SMILES string of the molecule is CC(=O)N1CCC2(CC1)OCCc1cc(C(=O)NCc3noc(C)n3)sc12. The first-order valence-corrected chi connectivity index (χ1v) is 9.88. The lowest BCUT2D eigenvalue weighted by Crippen LogP contribution is -2.47. The number of hydrogen-bond acceptors (Lipinski definition) is 7. The molecule has 0 saturated carbocycles. The van der Waals surface area contributed by atoms with E-state index in [1.165, 1.54) is 16.9 Å². The molecule has 0 radical (unpaired) electrons. The van der Waals surface area contributed by atoms with E-state index in [-0.39, 0.29) is 24.0 Å². The highest BCUT2D eigenvalue weighted by Crippen LogP contribution is 2.45. The number of hydrogen-bond donors (Lipinski definition) is 1. The second-order valence-electron chi connectivity index (χ2n) is 6.98. The Bertz CT molecular complexity index is 867. The molecular formula is C18H22N4O4S. The number of nitrogens with one attached hydrogen (secondary N) is 1. The highest BCUT2D eigenvalue weighted by Gasteiger charge is 2.43. The van der Waals surface area contributed by atoms with Gasteiger partial charge in [0.2, 0.25) is 11.8 Å². The predicted octanol–water partition coefficient (Wildman–Crippen LogP) is 1.78. The lowest BCUT2D eigenvalue weighted by atomic mass is 9.85. The molecule has 1 saturated heterocycles. The van der Waals surface area contributed by atoms with Gasteiger partial charge in [-0.25, -0.2) is 0 Å². The number of aryl methyl sites for hydroxylation is 1. The molecule has 4 heterocycles. The van der Waals surface area contributed by atoms with E-state index in [0.717, 1.165) is 24.1 Å². The van der Waals surface area contributed by atoms with E-state index in [2.05, 4.69) is 15.5 Å². The summed E-state index contributed by atoms with van der Waals surface area (Å²) in [6.45, 7) is 5.56. The maximum Gasteiger partial charge on any atom is 0.261 e. The molecule has 4 rings (SSSR count). The normalized spacial score (nSPS) is 18.4. The van der Waals surface area contributed by atoms with Gasteiger partial charge >= 0.3 is 0 Å². The Morgan fingerprint density at radius 2 is 2.15 bits per heavy atom. The molecule has 1 fully saturated rings. The van der Waals surface area contributed by atoms with Crippen LogP contribution in [-0.4, -0.2) is 46.6 Å². The molecule has 0 atom stereocenters. The summed E-state index contributed by atoms with van der Waals surface area (Å²) in [6.07, 6.45) is 2.34. The molecule has 2 aliphatic heterocycles. The first kappa shape index (κ1) is 18.1. The lowest BCUT2D eigenvalue weighted by molar-refractivity contribution is -0.138. The molecule has 27 heavy (non-hydrogen) atoms. The van der Waals surface area contributed by atoms with Crippen LogP contribution in [0.3, 0.4) is 0 Å². The Hall–Kier alpha value is -2.26. The quantitative estimate of drug-likeness (QED) is 0.858. The number of nitrogens with zero attached hydrogens (tertiary/aromatic N) is 3. The number of carbonyl (C=O) groups excluding carboxylic acids is 2. The van der Waals surface area contributed by atoms with Crippen molar-refractivity contribution in [3.8, 4) is 0 Å². The van der Waals surface area contributed by atoms with Crippen LogP contribution in [0.25, 0.3) is 0 Å².